The second-order valence-corrected chi connectivity index (χ2v) is 6.73. The fourth-order valence-electron chi connectivity index (χ4n) is 1.62. The first-order valence-electron chi connectivity index (χ1n) is 5.97. The number of amides is 1. The van der Waals surface area contributed by atoms with Crippen LogP contribution in [0.25, 0.3) is 0 Å². The number of sulfone groups is 1. The number of nitrogens with one attached hydrogen (secondary N) is 1. The third kappa shape index (κ3) is 7.89. The summed E-state index contributed by atoms with van der Waals surface area (Å²) in [7, 11) is -2.98. The van der Waals surface area contributed by atoms with E-state index in [-0.39, 0.29) is 36.0 Å². The minimum atomic E-state index is -2.98. The van der Waals surface area contributed by atoms with Crippen molar-refractivity contribution in [3.05, 3.63) is 0 Å². The van der Waals surface area contributed by atoms with Gasteiger partial charge in [0.25, 0.3) is 0 Å². The highest BCUT2D eigenvalue weighted by atomic mass is 35.5. The molecule has 0 spiro atoms. The summed E-state index contributed by atoms with van der Waals surface area (Å²) in [5.41, 5.74) is 5.32. The summed E-state index contributed by atoms with van der Waals surface area (Å²) in [6.45, 7) is 4.36. The summed E-state index contributed by atoms with van der Waals surface area (Å²) < 4.78 is 21.8. The molecule has 1 amide bonds. The van der Waals surface area contributed by atoms with Gasteiger partial charge in [0.15, 0.2) is 0 Å². The van der Waals surface area contributed by atoms with E-state index in [4.69, 9.17) is 5.73 Å². The number of hydrogen-bond donors (Lipinski definition) is 2. The van der Waals surface area contributed by atoms with Crippen molar-refractivity contribution < 1.29 is 13.2 Å². The van der Waals surface area contributed by atoms with Crippen molar-refractivity contribution >= 4 is 28.2 Å². The van der Waals surface area contributed by atoms with Gasteiger partial charge in [0.2, 0.25) is 5.91 Å². The predicted molar refractivity (Wildman–Crippen MR) is 76.7 cm³/mol. The van der Waals surface area contributed by atoms with E-state index in [1.165, 1.54) is 6.26 Å². The third-order valence-electron chi connectivity index (χ3n) is 3.07. The van der Waals surface area contributed by atoms with Gasteiger partial charge in [-0.25, -0.2) is 8.42 Å². The fourth-order valence-corrected chi connectivity index (χ4v) is 2.29. The van der Waals surface area contributed by atoms with E-state index in [1.807, 2.05) is 13.8 Å². The average molecular weight is 301 g/mol. The quantitative estimate of drug-likeness (QED) is 0.696. The molecule has 0 radical (unpaired) electrons. The molecule has 0 saturated carbocycles. The molecule has 0 aromatic heterocycles. The second-order valence-electron chi connectivity index (χ2n) is 4.47. The van der Waals surface area contributed by atoms with E-state index in [0.717, 1.165) is 12.8 Å². The van der Waals surface area contributed by atoms with Crippen LogP contribution in [-0.2, 0) is 14.6 Å². The molecule has 0 unspecified atom stereocenters. The molecule has 0 rings (SSSR count). The van der Waals surface area contributed by atoms with Gasteiger partial charge < -0.3 is 11.1 Å². The Morgan fingerprint density at radius 3 is 2.11 bits per heavy atom. The van der Waals surface area contributed by atoms with Crippen LogP contribution in [0.2, 0.25) is 0 Å². The van der Waals surface area contributed by atoms with E-state index in [0.29, 0.717) is 13.0 Å². The Labute approximate surface area is 116 Å². The minimum absolute atomic E-state index is 0. The Morgan fingerprint density at radius 2 is 1.78 bits per heavy atom. The smallest absolute Gasteiger partial charge is 0.220 e. The van der Waals surface area contributed by atoms with Crippen molar-refractivity contribution in [2.75, 3.05) is 18.6 Å². The molecule has 3 N–H and O–H groups in total. The summed E-state index contributed by atoms with van der Waals surface area (Å²) in [4.78, 5) is 11.7. The first-order chi connectivity index (χ1) is 7.78. The van der Waals surface area contributed by atoms with Crippen LogP contribution < -0.4 is 11.1 Å². The first-order valence-corrected chi connectivity index (χ1v) is 8.03. The Hall–Kier alpha value is -0.330. The largest absolute Gasteiger partial charge is 0.349 e. The molecule has 0 aromatic carbocycles. The van der Waals surface area contributed by atoms with Gasteiger partial charge in [-0.1, -0.05) is 13.8 Å². The predicted octanol–water partition coefficient (Wildman–Crippen LogP) is 0.867. The Bertz CT molecular complexity index is 332. The van der Waals surface area contributed by atoms with Gasteiger partial charge >= 0.3 is 0 Å². The van der Waals surface area contributed by atoms with Crippen molar-refractivity contribution in [2.45, 2.75) is 45.1 Å². The lowest BCUT2D eigenvalue weighted by atomic mass is 9.93. The lowest BCUT2D eigenvalue weighted by Crippen LogP contribution is -2.52. The van der Waals surface area contributed by atoms with Gasteiger partial charge in [0.05, 0.1) is 11.3 Å². The summed E-state index contributed by atoms with van der Waals surface area (Å²) >= 11 is 0. The van der Waals surface area contributed by atoms with E-state index < -0.39 is 9.84 Å². The Balaban J connectivity index is 0. The zero-order chi connectivity index (χ0) is 13.5. The van der Waals surface area contributed by atoms with Crippen molar-refractivity contribution in [1.82, 2.24) is 5.32 Å². The average Bonchev–Trinajstić information content (AvgIpc) is 2.24. The number of carbonyl (C=O) groups excluding carboxylic acids is 1. The number of halogens is 1. The highest BCUT2D eigenvalue weighted by molar-refractivity contribution is 7.90. The minimum Gasteiger partial charge on any atom is -0.349 e. The monoisotopic (exact) mass is 300 g/mol. The fraction of sp³-hybridized carbons (Fsp3) is 0.909. The van der Waals surface area contributed by atoms with Crippen LogP contribution in [0.1, 0.15) is 39.5 Å². The lowest BCUT2D eigenvalue weighted by Gasteiger charge is -2.31. The molecule has 18 heavy (non-hydrogen) atoms. The molecule has 0 fully saturated rings. The molecule has 7 heteroatoms. The van der Waals surface area contributed by atoms with Gasteiger partial charge in [0, 0.05) is 19.2 Å². The maximum absolute atomic E-state index is 11.7. The normalized spacial score (nSPS) is 11.8. The van der Waals surface area contributed by atoms with Gasteiger partial charge in [-0.05, 0) is 19.3 Å². The van der Waals surface area contributed by atoms with Crippen LogP contribution in [0.5, 0.6) is 0 Å². The summed E-state index contributed by atoms with van der Waals surface area (Å²) in [6, 6.07) is 0. The Morgan fingerprint density at radius 1 is 1.28 bits per heavy atom. The second kappa shape index (κ2) is 8.72. The Kier molecular flexibility index (Phi) is 9.68. The molecule has 110 valence electrons. The van der Waals surface area contributed by atoms with E-state index in [2.05, 4.69) is 5.32 Å². The highest BCUT2D eigenvalue weighted by Gasteiger charge is 2.25. The van der Waals surface area contributed by atoms with Crippen molar-refractivity contribution in [1.29, 1.82) is 0 Å². The number of carbonyl (C=O) groups is 1. The molecule has 0 bridgehead atoms. The highest BCUT2D eigenvalue weighted by Crippen LogP contribution is 2.13. The zero-order valence-electron chi connectivity index (χ0n) is 11.4. The molecular weight excluding hydrogens is 276 g/mol. The molecule has 0 aliphatic heterocycles. The summed E-state index contributed by atoms with van der Waals surface area (Å²) in [5.74, 6) is -0.0725. The zero-order valence-corrected chi connectivity index (χ0v) is 13.0. The van der Waals surface area contributed by atoms with E-state index in [1.54, 1.807) is 0 Å². The molecular formula is C11H25ClN2O3S. The molecule has 0 atom stereocenters. The molecule has 0 aliphatic rings. The van der Waals surface area contributed by atoms with Crippen LogP contribution in [0.15, 0.2) is 0 Å². The molecule has 0 heterocycles. The van der Waals surface area contributed by atoms with Crippen molar-refractivity contribution in [3.8, 4) is 0 Å². The van der Waals surface area contributed by atoms with Crippen molar-refractivity contribution in [3.63, 3.8) is 0 Å². The van der Waals surface area contributed by atoms with Crippen LogP contribution in [0.4, 0.5) is 0 Å². The third-order valence-corrected chi connectivity index (χ3v) is 4.10. The lowest BCUT2D eigenvalue weighted by molar-refractivity contribution is -0.123. The topological polar surface area (TPSA) is 89.3 Å². The maximum Gasteiger partial charge on any atom is 0.220 e. The van der Waals surface area contributed by atoms with Gasteiger partial charge in [-0.15, -0.1) is 12.4 Å². The molecule has 0 aromatic rings. The summed E-state index contributed by atoms with van der Waals surface area (Å²) in [5, 5.41) is 2.91. The number of rotatable bonds is 8. The van der Waals surface area contributed by atoms with Crippen LogP contribution in [-0.4, -0.2) is 38.4 Å². The van der Waals surface area contributed by atoms with E-state index >= 15 is 0 Å². The van der Waals surface area contributed by atoms with Gasteiger partial charge in [-0.2, -0.15) is 0 Å². The summed E-state index contributed by atoms with van der Waals surface area (Å²) in [6.07, 6.45) is 3.32. The maximum atomic E-state index is 11.7. The van der Waals surface area contributed by atoms with Gasteiger partial charge in [-0.3, -0.25) is 4.79 Å². The number of nitrogens with two attached hydrogens (primary N) is 1. The number of hydrogen-bond acceptors (Lipinski definition) is 4. The van der Waals surface area contributed by atoms with Crippen LogP contribution >= 0.6 is 12.4 Å². The molecule has 0 saturated heterocycles. The van der Waals surface area contributed by atoms with Gasteiger partial charge in [0.1, 0.15) is 9.84 Å². The first kappa shape index (κ1) is 20.0. The standard InChI is InChI=1S/C11H24N2O3S.ClH/c1-4-11(5-2,9-12)13-10(14)7-6-8-17(3,15)16;/h4-9,12H2,1-3H3,(H,13,14);1H. The molecule has 5 nitrogen and oxygen atoms in total. The SMILES string of the molecule is CCC(CC)(CN)NC(=O)CCCS(C)(=O)=O.Cl. The van der Waals surface area contributed by atoms with Crippen LogP contribution in [0.3, 0.4) is 0 Å². The van der Waals surface area contributed by atoms with Crippen molar-refractivity contribution in [2.24, 2.45) is 5.73 Å². The molecule has 0 aliphatic carbocycles. The van der Waals surface area contributed by atoms with E-state index in [9.17, 15) is 13.2 Å². The van der Waals surface area contributed by atoms with Crippen LogP contribution in [0, 0.1) is 0 Å².